The van der Waals surface area contributed by atoms with Gasteiger partial charge in [0.2, 0.25) is 0 Å². The molecule has 2 aromatic carbocycles. The first-order chi connectivity index (χ1) is 10.9. The fourth-order valence-corrected chi connectivity index (χ4v) is 2.85. The van der Waals surface area contributed by atoms with E-state index in [9.17, 15) is 0 Å². The fourth-order valence-electron chi connectivity index (χ4n) is 2.85. The van der Waals surface area contributed by atoms with Crippen molar-refractivity contribution in [3.05, 3.63) is 83.6 Å². The molecule has 0 amide bonds. The molecule has 0 aliphatic rings. The number of nitrogens with zero attached hydrogens (tertiary/aromatic N) is 1. The Kier molecular flexibility index (Phi) is 4.12. The van der Waals surface area contributed by atoms with E-state index < -0.39 is 0 Å². The van der Waals surface area contributed by atoms with Gasteiger partial charge in [-0.05, 0) is 41.2 Å². The predicted octanol–water partition coefficient (Wildman–Crippen LogP) is 5.81. The van der Waals surface area contributed by atoms with Crippen molar-refractivity contribution in [1.82, 2.24) is 4.57 Å². The number of aromatic nitrogens is 1. The molecule has 0 unspecified atom stereocenters. The van der Waals surface area contributed by atoms with Crippen LogP contribution in [0, 0.1) is 6.92 Å². The van der Waals surface area contributed by atoms with Crippen LogP contribution in [-0.2, 0) is 12.0 Å². The van der Waals surface area contributed by atoms with Crippen LogP contribution < -0.4 is 0 Å². The zero-order valence-electron chi connectivity index (χ0n) is 14.5. The highest BCUT2D eigenvalue weighted by atomic mass is 15.0. The molecule has 0 aliphatic heterocycles. The van der Waals surface area contributed by atoms with Gasteiger partial charge in [0, 0.05) is 18.4 Å². The largest absolute Gasteiger partial charge is 0.343 e. The second-order valence-electron chi connectivity index (χ2n) is 7.33. The van der Waals surface area contributed by atoms with Gasteiger partial charge in [-0.15, -0.1) is 0 Å². The Morgan fingerprint density at radius 1 is 0.826 bits per heavy atom. The van der Waals surface area contributed by atoms with Crippen molar-refractivity contribution < 1.29 is 0 Å². The van der Waals surface area contributed by atoms with Crippen LogP contribution in [0.4, 0.5) is 0 Å². The van der Waals surface area contributed by atoms with Gasteiger partial charge in [-0.1, -0.05) is 74.9 Å². The molecule has 23 heavy (non-hydrogen) atoms. The van der Waals surface area contributed by atoms with E-state index >= 15 is 0 Å². The quantitative estimate of drug-likeness (QED) is 0.575. The summed E-state index contributed by atoms with van der Waals surface area (Å²) >= 11 is 0. The maximum absolute atomic E-state index is 2.32. The third-order valence-corrected chi connectivity index (χ3v) is 4.35. The van der Waals surface area contributed by atoms with Crippen molar-refractivity contribution >= 4 is 0 Å². The molecule has 0 aliphatic carbocycles. The van der Waals surface area contributed by atoms with Crippen LogP contribution in [0.1, 0.15) is 37.5 Å². The lowest BCUT2D eigenvalue weighted by Crippen LogP contribution is -2.10. The summed E-state index contributed by atoms with van der Waals surface area (Å²) in [7, 11) is 0. The molecule has 0 fully saturated rings. The highest BCUT2D eigenvalue weighted by molar-refractivity contribution is 5.61. The lowest BCUT2D eigenvalue weighted by atomic mass is 9.86. The molecular weight excluding hydrogens is 278 g/mol. The minimum Gasteiger partial charge on any atom is -0.343 e. The molecule has 0 radical (unpaired) electrons. The van der Waals surface area contributed by atoms with Gasteiger partial charge < -0.3 is 4.57 Å². The van der Waals surface area contributed by atoms with Gasteiger partial charge in [-0.3, -0.25) is 0 Å². The predicted molar refractivity (Wildman–Crippen MR) is 98.8 cm³/mol. The molecule has 1 aromatic heterocycles. The molecule has 0 bridgehead atoms. The highest BCUT2D eigenvalue weighted by Crippen LogP contribution is 2.26. The number of benzene rings is 2. The van der Waals surface area contributed by atoms with Crippen molar-refractivity contribution in [3.8, 4) is 11.3 Å². The topological polar surface area (TPSA) is 4.93 Å². The van der Waals surface area contributed by atoms with E-state index in [-0.39, 0.29) is 5.41 Å². The average Bonchev–Trinajstić information content (AvgIpc) is 2.97. The third-order valence-electron chi connectivity index (χ3n) is 4.35. The third kappa shape index (κ3) is 3.56. The number of aryl methyl sites for hydroxylation is 1. The molecule has 3 rings (SSSR count). The van der Waals surface area contributed by atoms with Crippen molar-refractivity contribution in [2.24, 2.45) is 0 Å². The Morgan fingerprint density at radius 3 is 2.09 bits per heavy atom. The minimum atomic E-state index is 0.197. The van der Waals surface area contributed by atoms with Gasteiger partial charge in [-0.2, -0.15) is 0 Å². The summed E-state index contributed by atoms with van der Waals surface area (Å²) in [5.41, 5.74) is 6.75. The van der Waals surface area contributed by atoms with Gasteiger partial charge in [0.1, 0.15) is 0 Å². The minimum absolute atomic E-state index is 0.197. The molecule has 3 aromatic rings. The van der Waals surface area contributed by atoms with Crippen LogP contribution in [0.5, 0.6) is 0 Å². The molecule has 1 nitrogen and oxygen atoms in total. The SMILES string of the molecule is Cc1ccc(Cn2cccc2-c2ccc(C(C)(C)C)cc2)cc1. The van der Waals surface area contributed by atoms with Crippen molar-refractivity contribution in [2.75, 3.05) is 0 Å². The maximum atomic E-state index is 2.32. The first kappa shape index (κ1) is 15.6. The average molecular weight is 303 g/mol. The van der Waals surface area contributed by atoms with Crippen LogP contribution in [0.3, 0.4) is 0 Å². The number of rotatable bonds is 3. The molecule has 1 heterocycles. The lowest BCUT2D eigenvalue weighted by molar-refractivity contribution is 0.590. The fraction of sp³-hybridized carbons (Fsp3) is 0.273. The van der Waals surface area contributed by atoms with E-state index in [1.807, 2.05) is 0 Å². The van der Waals surface area contributed by atoms with E-state index in [4.69, 9.17) is 0 Å². The Labute approximate surface area is 139 Å². The summed E-state index contributed by atoms with van der Waals surface area (Å²) < 4.78 is 2.32. The van der Waals surface area contributed by atoms with Crippen molar-refractivity contribution in [3.63, 3.8) is 0 Å². The first-order valence-corrected chi connectivity index (χ1v) is 8.25. The van der Waals surface area contributed by atoms with E-state index in [1.165, 1.54) is 27.9 Å². The van der Waals surface area contributed by atoms with Gasteiger partial charge >= 0.3 is 0 Å². The number of hydrogen-bond acceptors (Lipinski definition) is 0. The summed E-state index contributed by atoms with van der Waals surface area (Å²) in [5.74, 6) is 0. The summed E-state index contributed by atoms with van der Waals surface area (Å²) in [6.07, 6.45) is 2.16. The van der Waals surface area contributed by atoms with Crippen LogP contribution in [-0.4, -0.2) is 4.57 Å². The van der Waals surface area contributed by atoms with E-state index in [1.54, 1.807) is 0 Å². The Hall–Kier alpha value is -2.28. The van der Waals surface area contributed by atoms with Crippen LogP contribution in [0.15, 0.2) is 66.9 Å². The Balaban J connectivity index is 1.87. The van der Waals surface area contributed by atoms with Gasteiger partial charge in [0.05, 0.1) is 0 Å². The highest BCUT2D eigenvalue weighted by Gasteiger charge is 2.13. The van der Waals surface area contributed by atoms with Crippen LogP contribution in [0.25, 0.3) is 11.3 Å². The van der Waals surface area contributed by atoms with Crippen molar-refractivity contribution in [2.45, 2.75) is 39.7 Å². The Morgan fingerprint density at radius 2 is 1.48 bits per heavy atom. The monoisotopic (exact) mass is 303 g/mol. The molecule has 0 saturated carbocycles. The van der Waals surface area contributed by atoms with E-state index in [0.717, 1.165) is 6.54 Å². The summed E-state index contributed by atoms with van der Waals surface area (Å²) in [4.78, 5) is 0. The van der Waals surface area contributed by atoms with Gasteiger partial charge in [-0.25, -0.2) is 0 Å². The standard InChI is InChI=1S/C22H25N/c1-17-7-9-18(10-8-17)16-23-15-5-6-21(23)19-11-13-20(14-12-19)22(2,3)4/h5-15H,16H2,1-4H3. The molecule has 0 spiro atoms. The smallest absolute Gasteiger partial charge is 0.0483 e. The van der Waals surface area contributed by atoms with Gasteiger partial charge in [0.15, 0.2) is 0 Å². The number of hydrogen-bond donors (Lipinski definition) is 0. The normalized spacial score (nSPS) is 11.7. The molecule has 1 heteroatoms. The van der Waals surface area contributed by atoms with Gasteiger partial charge in [0.25, 0.3) is 0 Å². The molecule has 118 valence electrons. The summed E-state index contributed by atoms with van der Waals surface area (Å²) in [6.45, 7) is 9.79. The molecule has 0 atom stereocenters. The molecule has 0 saturated heterocycles. The second-order valence-corrected chi connectivity index (χ2v) is 7.33. The maximum Gasteiger partial charge on any atom is 0.0483 e. The summed E-state index contributed by atoms with van der Waals surface area (Å²) in [5, 5.41) is 0. The second kappa shape index (κ2) is 6.08. The Bertz CT molecular complexity index is 768. The molecular formula is C22H25N. The summed E-state index contributed by atoms with van der Waals surface area (Å²) in [6, 6.07) is 22.1. The molecule has 0 N–H and O–H groups in total. The zero-order chi connectivity index (χ0) is 16.4. The van der Waals surface area contributed by atoms with E-state index in [0.29, 0.717) is 0 Å². The van der Waals surface area contributed by atoms with Crippen molar-refractivity contribution in [1.29, 1.82) is 0 Å². The van der Waals surface area contributed by atoms with Crippen LogP contribution >= 0.6 is 0 Å². The first-order valence-electron chi connectivity index (χ1n) is 8.25. The van der Waals surface area contributed by atoms with Crippen LogP contribution in [0.2, 0.25) is 0 Å². The zero-order valence-corrected chi connectivity index (χ0v) is 14.5. The lowest BCUT2D eigenvalue weighted by Gasteiger charge is -2.19. The van der Waals surface area contributed by atoms with E-state index in [2.05, 4.69) is 99.1 Å².